The van der Waals surface area contributed by atoms with Crippen LogP contribution in [0.25, 0.3) is 10.8 Å². The number of hydrogen-bond donors (Lipinski definition) is 1. The second kappa shape index (κ2) is 5.74. The van der Waals surface area contributed by atoms with Crippen LogP contribution >= 0.6 is 15.9 Å². The average molecular weight is 333 g/mol. The van der Waals surface area contributed by atoms with E-state index in [1.165, 1.54) is 29.3 Å². The van der Waals surface area contributed by atoms with Gasteiger partial charge in [-0.25, -0.2) is 0 Å². The summed E-state index contributed by atoms with van der Waals surface area (Å²) >= 11 is 3.53. The van der Waals surface area contributed by atoms with Crippen molar-refractivity contribution < 1.29 is 0 Å². The van der Waals surface area contributed by atoms with Crippen LogP contribution < -0.4 is 10.2 Å². The van der Waals surface area contributed by atoms with E-state index < -0.39 is 0 Å². The van der Waals surface area contributed by atoms with Crippen LogP contribution in [0.3, 0.4) is 0 Å². The van der Waals surface area contributed by atoms with Crippen LogP contribution in [0.1, 0.15) is 19.8 Å². The van der Waals surface area contributed by atoms with E-state index in [9.17, 15) is 0 Å². The highest BCUT2D eigenvalue weighted by Gasteiger charge is 2.24. The maximum atomic E-state index is 3.53. The maximum absolute atomic E-state index is 3.53. The van der Waals surface area contributed by atoms with Gasteiger partial charge in [0.25, 0.3) is 0 Å². The van der Waals surface area contributed by atoms with Crippen molar-refractivity contribution in [2.45, 2.75) is 31.8 Å². The molecule has 0 amide bonds. The molecule has 0 spiro atoms. The first-order chi connectivity index (χ1) is 9.67. The minimum absolute atomic E-state index is 0.592. The summed E-state index contributed by atoms with van der Waals surface area (Å²) in [6.07, 6.45) is 2.44. The standard InChI is InChI=1S/C17H21BrN2/c1-12-9-16(19-2)7-8-20(12)17-6-4-13-10-15(18)5-3-14(13)11-17/h3-6,10-12,16,19H,7-9H2,1-2H3. The summed E-state index contributed by atoms with van der Waals surface area (Å²) in [7, 11) is 2.07. The van der Waals surface area contributed by atoms with Gasteiger partial charge in [0.1, 0.15) is 0 Å². The third kappa shape index (κ3) is 2.70. The summed E-state index contributed by atoms with van der Waals surface area (Å²) in [6.45, 7) is 3.46. The zero-order valence-electron chi connectivity index (χ0n) is 12.1. The van der Waals surface area contributed by atoms with Gasteiger partial charge in [0, 0.05) is 28.8 Å². The lowest BCUT2D eigenvalue weighted by Crippen LogP contribution is -2.46. The molecule has 20 heavy (non-hydrogen) atoms. The smallest absolute Gasteiger partial charge is 0.0375 e. The fourth-order valence-electron chi connectivity index (χ4n) is 3.20. The molecule has 3 heteroatoms. The lowest BCUT2D eigenvalue weighted by atomic mass is 9.97. The lowest BCUT2D eigenvalue weighted by Gasteiger charge is -2.39. The molecule has 1 aliphatic rings. The zero-order valence-corrected chi connectivity index (χ0v) is 13.7. The van der Waals surface area contributed by atoms with Crippen molar-refractivity contribution in [3.63, 3.8) is 0 Å². The van der Waals surface area contributed by atoms with E-state index in [1.807, 2.05) is 0 Å². The molecule has 106 valence electrons. The van der Waals surface area contributed by atoms with E-state index in [0.717, 1.165) is 11.0 Å². The van der Waals surface area contributed by atoms with Crippen molar-refractivity contribution in [1.29, 1.82) is 0 Å². The molecule has 2 aromatic rings. The molecule has 0 radical (unpaired) electrons. The lowest BCUT2D eigenvalue weighted by molar-refractivity contribution is 0.387. The van der Waals surface area contributed by atoms with E-state index in [1.54, 1.807) is 0 Å². The second-order valence-corrected chi connectivity index (χ2v) is 6.64. The van der Waals surface area contributed by atoms with Gasteiger partial charge in [0.2, 0.25) is 0 Å². The molecule has 2 unspecified atom stereocenters. The van der Waals surface area contributed by atoms with Gasteiger partial charge in [-0.05, 0) is 61.9 Å². The molecule has 2 nitrogen and oxygen atoms in total. The number of fused-ring (bicyclic) bond motifs is 1. The fourth-order valence-corrected chi connectivity index (χ4v) is 3.58. The van der Waals surface area contributed by atoms with Gasteiger partial charge in [0.05, 0.1) is 0 Å². The molecular formula is C17H21BrN2. The Bertz CT molecular complexity index is 611. The number of rotatable bonds is 2. The Morgan fingerprint density at radius 3 is 2.65 bits per heavy atom. The van der Waals surface area contributed by atoms with E-state index in [0.29, 0.717) is 12.1 Å². The van der Waals surface area contributed by atoms with Crippen molar-refractivity contribution in [2.24, 2.45) is 0 Å². The average Bonchev–Trinajstić information content (AvgIpc) is 2.46. The first-order valence-corrected chi connectivity index (χ1v) is 8.10. The molecule has 0 saturated carbocycles. The summed E-state index contributed by atoms with van der Waals surface area (Å²) in [6, 6.07) is 14.5. The number of piperidine rings is 1. The normalized spacial score (nSPS) is 23.2. The number of nitrogens with zero attached hydrogens (tertiary/aromatic N) is 1. The van der Waals surface area contributed by atoms with Crippen molar-refractivity contribution in [3.05, 3.63) is 40.9 Å². The Morgan fingerprint density at radius 2 is 1.90 bits per heavy atom. The highest BCUT2D eigenvalue weighted by Crippen LogP contribution is 2.29. The van der Waals surface area contributed by atoms with Crippen LogP contribution in [0.4, 0.5) is 5.69 Å². The predicted octanol–water partition coefficient (Wildman–Crippen LogP) is 4.18. The SMILES string of the molecule is CNC1CCN(c2ccc3cc(Br)ccc3c2)C(C)C1. The minimum atomic E-state index is 0.592. The van der Waals surface area contributed by atoms with E-state index in [2.05, 4.69) is 76.5 Å². The van der Waals surface area contributed by atoms with Crippen LogP contribution in [0, 0.1) is 0 Å². The summed E-state index contributed by atoms with van der Waals surface area (Å²) in [4.78, 5) is 2.54. The summed E-state index contributed by atoms with van der Waals surface area (Å²) in [5.74, 6) is 0. The molecule has 0 aliphatic carbocycles. The Labute approximate surface area is 129 Å². The molecule has 1 saturated heterocycles. The van der Waals surface area contributed by atoms with E-state index >= 15 is 0 Å². The molecular weight excluding hydrogens is 312 g/mol. The van der Waals surface area contributed by atoms with Crippen molar-refractivity contribution >= 4 is 32.4 Å². The molecule has 2 atom stereocenters. The highest BCUT2D eigenvalue weighted by atomic mass is 79.9. The first-order valence-electron chi connectivity index (χ1n) is 7.30. The number of hydrogen-bond acceptors (Lipinski definition) is 2. The number of nitrogens with one attached hydrogen (secondary N) is 1. The molecule has 0 aromatic heterocycles. The quantitative estimate of drug-likeness (QED) is 0.887. The Morgan fingerprint density at radius 1 is 1.15 bits per heavy atom. The second-order valence-electron chi connectivity index (χ2n) is 5.73. The van der Waals surface area contributed by atoms with Crippen LogP contribution in [-0.2, 0) is 0 Å². The molecule has 3 rings (SSSR count). The highest BCUT2D eigenvalue weighted by molar-refractivity contribution is 9.10. The summed E-state index contributed by atoms with van der Waals surface area (Å²) < 4.78 is 1.14. The summed E-state index contributed by atoms with van der Waals surface area (Å²) in [5.41, 5.74) is 1.35. The number of benzene rings is 2. The summed E-state index contributed by atoms with van der Waals surface area (Å²) in [5, 5.41) is 6.02. The van der Waals surface area contributed by atoms with Gasteiger partial charge in [-0.2, -0.15) is 0 Å². The topological polar surface area (TPSA) is 15.3 Å². The van der Waals surface area contributed by atoms with E-state index in [-0.39, 0.29) is 0 Å². The maximum Gasteiger partial charge on any atom is 0.0375 e. The van der Waals surface area contributed by atoms with Gasteiger partial charge in [-0.1, -0.05) is 28.1 Å². The van der Waals surface area contributed by atoms with Crippen LogP contribution in [0.15, 0.2) is 40.9 Å². The number of anilines is 1. The molecule has 1 heterocycles. The van der Waals surface area contributed by atoms with Crippen molar-refractivity contribution in [2.75, 3.05) is 18.5 Å². The Kier molecular flexibility index (Phi) is 3.99. The largest absolute Gasteiger partial charge is 0.369 e. The first kappa shape index (κ1) is 13.9. The Hall–Kier alpha value is -1.06. The fraction of sp³-hybridized carbons (Fsp3) is 0.412. The van der Waals surface area contributed by atoms with Crippen LogP contribution in [0.2, 0.25) is 0 Å². The van der Waals surface area contributed by atoms with E-state index in [4.69, 9.17) is 0 Å². The van der Waals surface area contributed by atoms with Crippen LogP contribution in [0.5, 0.6) is 0 Å². The Balaban J connectivity index is 1.89. The number of halogens is 1. The monoisotopic (exact) mass is 332 g/mol. The van der Waals surface area contributed by atoms with Crippen molar-refractivity contribution in [1.82, 2.24) is 5.32 Å². The zero-order chi connectivity index (χ0) is 14.1. The molecule has 2 aromatic carbocycles. The van der Waals surface area contributed by atoms with Gasteiger partial charge >= 0.3 is 0 Å². The van der Waals surface area contributed by atoms with Gasteiger partial charge in [0.15, 0.2) is 0 Å². The van der Waals surface area contributed by atoms with Gasteiger partial charge in [-0.15, -0.1) is 0 Å². The predicted molar refractivity (Wildman–Crippen MR) is 90.5 cm³/mol. The molecule has 1 aliphatic heterocycles. The van der Waals surface area contributed by atoms with Crippen molar-refractivity contribution in [3.8, 4) is 0 Å². The molecule has 1 N–H and O–H groups in total. The minimum Gasteiger partial charge on any atom is -0.369 e. The third-order valence-corrected chi connectivity index (χ3v) is 4.90. The molecule has 1 fully saturated rings. The molecule has 0 bridgehead atoms. The van der Waals surface area contributed by atoms with Gasteiger partial charge in [-0.3, -0.25) is 0 Å². The third-order valence-electron chi connectivity index (χ3n) is 4.40. The van der Waals surface area contributed by atoms with Gasteiger partial charge < -0.3 is 10.2 Å². The van der Waals surface area contributed by atoms with Crippen LogP contribution in [-0.4, -0.2) is 25.7 Å².